The number of nitrogens with one attached hydrogen (secondary N) is 2. The number of hydrogen-bond acceptors (Lipinski definition) is 7. The summed E-state index contributed by atoms with van der Waals surface area (Å²) in [6, 6.07) is 5.15. The second kappa shape index (κ2) is 7.20. The molecule has 3 aromatic rings. The van der Waals surface area contributed by atoms with E-state index in [1.54, 1.807) is 19.1 Å². The monoisotopic (exact) mass is 369 g/mol. The summed E-state index contributed by atoms with van der Waals surface area (Å²) in [7, 11) is 0. The Labute approximate surface area is 153 Å². The third-order valence-electron chi connectivity index (χ3n) is 3.70. The molecule has 0 spiro atoms. The van der Waals surface area contributed by atoms with Crippen molar-refractivity contribution in [2.24, 2.45) is 11.5 Å². The summed E-state index contributed by atoms with van der Waals surface area (Å²) in [5, 5.41) is 6.22. The van der Waals surface area contributed by atoms with Gasteiger partial charge in [0.2, 0.25) is 5.91 Å². The smallest absolute Gasteiger partial charge is 0.271 e. The van der Waals surface area contributed by atoms with Gasteiger partial charge >= 0.3 is 0 Å². The molecular formula is C17H16FN7O2. The van der Waals surface area contributed by atoms with Gasteiger partial charge < -0.3 is 22.1 Å². The quantitative estimate of drug-likeness (QED) is 0.511. The molecular weight excluding hydrogens is 353 g/mol. The summed E-state index contributed by atoms with van der Waals surface area (Å²) < 4.78 is 13.4. The molecule has 10 heteroatoms. The molecule has 0 aliphatic heterocycles. The Bertz CT molecular complexity index is 1040. The van der Waals surface area contributed by atoms with Gasteiger partial charge in [-0.05, 0) is 31.2 Å². The number of carbonyl (C=O) groups is 2. The van der Waals surface area contributed by atoms with Gasteiger partial charge in [0.1, 0.15) is 17.7 Å². The highest BCUT2D eigenvalue weighted by molar-refractivity contribution is 5.96. The lowest BCUT2D eigenvalue weighted by Gasteiger charge is -2.14. The number of rotatable bonds is 6. The topological polar surface area (TPSA) is 149 Å². The van der Waals surface area contributed by atoms with Crippen LogP contribution < -0.4 is 22.1 Å². The Morgan fingerprint density at radius 3 is 2.63 bits per heavy atom. The zero-order valence-corrected chi connectivity index (χ0v) is 14.2. The minimum absolute atomic E-state index is 0.0572. The predicted octanol–water partition coefficient (Wildman–Crippen LogP) is 1.29. The van der Waals surface area contributed by atoms with Gasteiger partial charge in [-0.25, -0.2) is 14.4 Å². The minimum atomic E-state index is -0.792. The zero-order valence-electron chi connectivity index (χ0n) is 14.2. The lowest BCUT2D eigenvalue weighted by atomic mass is 10.2. The summed E-state index contributed by atoms with van der Waals surface area (Å²) in [6.45, 7) is 1.56. The van der Waals surface area contributed by atoms with E-state index >= 15 is 0 Å². The molecule has 0 radical (unpaired) electrons. The van der Waals surface area contributed by atoms with Crippen molar-refractivity contribution in [2.75, 3.05) is 10.6 Å². The Morgan fingerprint density at radius 2 is 1.93 bits per heavy atom. The number of hydrogen-bond donors (Lipinski definition) is 4. The van der Waals surface area contributed by atoms with Crippen molar-refractivity contribution in [3.8, 4) is 0 Å². The van der Waals surface area contributed by atoms with Crippen LogP contribution >= 0.6 is 0 Å². The molecule has 1 unspecified atom stereocenters. The SMILES string of the molecule is CC(Nc1cnc(C(N)=O)c(Nc2cnc3ccc(F)cc3c2)n1)C(N)=O. The van der Waals surface area contributed by atoms with Gasteiger partial charge in [-0.15, -0.1) is 0 Å². The number of anilines is 3. The molecule has 0 aliphatic carbocycles. The molecule has 9 nitrogen and oxygen atoms in total. The van der Waals surface area contributed by atoms with Crippen molar-refractivity contribution in [1.29, 1.82) is 0 Å². The first-order valence-electron chi connectivity index (χ1n) is 7.88. The number of pyridine rings is 1. The van der Waals surface area contributed by atoms with E-state index in [2.05, 4.69) is 25.6 Å². The number of carbonyl (C=O) groups excluding carboxylic acids is 2. The van der Waals surface area contributed by atoms with Crippen molar-refractivity contribution in [3.05, 3.63) is 48.2 Å². The van der Waals surface area contributed by atoms with Gasteiger partial charge in [0.15, 0.2) is 11.5 Å². The fourth-order valence-corrected chi connectivity index (χ4v) is 2.33. The van der Waals surface area contributed by atoms with Crippen LogP contribution in [0.2, 0.25) is 0 Å². The van der Waals surface area contributed by atoms with Crippen LogP contribution in [0.15, 0.2) is 36.7 Å². The number of halogens is 1. The molecule has 138 valence electrons. The van der Waals surface area contributed by atoms with E-state index < -0.39 is 23.7 Å². The molecule has 2 heterocycles. The Hall–Kier alpha value is -3.82. The van der Waals surface area contributed by atoms with E-state index in [1.165, 1.54) is 24.5 Å². The zero-order chi connectivity index (χ0) is 19.6. The first-order chi connectivity index (χ1) is 12.8. The number of nitrogens with two attached hydrogens (primary N) is 2. The first kappa shape index (κ1) is 18.0. The number of amides is 2. The van der Waals surface area contributed by atoms with Crippen LogP contribution in [0.4, 0.5) is 21.7 Å². The molecule has 6 N–H and O–H groups in total. The van der Waals surface area contributed by atoms with Gasteiger partial charge in [-0.1, -0.05) is 0 Å². The Balaban J connectivity index is 1.96. The third-order valence-corrected chi connectivity index (χ3v) is 3.70. The molecule has 1 aromatic carbocycles. The molecule has 2 amide bonds. The normalized spacial score (nSPS) is 11.8. The molecule has 27 heavy (non-hydrogen) atoms. The molecule has 3 rings (SSSR count). The summed E-state index contributed by atoms with van der Waals surface area (Å²) in [5.41, 5.74) is 11.5. The van der Waals surface area contributed by atoms with E-state index in [4.69, 9.17) is 11.5 Å². The van der Waals surface area contributed by atoms with Crippen LogP contribution in [-0.2, 0) is 4.79 Å². The standard InChI is InChI=1S/C17H16FN7O2/c1-8(15(19)26)23-13-7-22-14(16(20)27)17(25-13)24-11-5-9-4-10(18)2-3-12(9)21-6-11/h2-8H,1H3,(H2,19,26)(H2,20,27)(H2,23,24,25). The van der Waals surface area contributed by atoms with E-state index in [0.717, 1.165) is 0 Å². The molecule has 0 saturated carbocycles. The van der Waals surface area contributed by atoms with E-state index in [1.807, 2.05) is 0 Å². The fourth-order valence-electron chi connectivity index (χ4n) is 2.33. The summed E-state index contributed by atoms with van der Waals surface area (Å²) in [5.74, 6) is -1.49. The van der Waals surface area contributed by atoms with Crippen molar-refractivity contribution in [2.45, 2.75) is 13.0 Å². The Kier molecular flexibility index (Phi) is 4.79. The summed E-state index contributed by atoms with van der Waals surface area (Å²) in [6.07, 6.45) is 2.76. The highest BCUT2D eigenvalue weighted by Crippen LogP contribution is 2.22. The van der Waals surface area contributed by atoms with Crippen LogP contribution in [0.5, 0.6) is 0 Å². The maximum Gasteiger partial charge on any atom is 0.271 e. The minimum Gasteiger partial charge on any atom is -0.368 e. The summed E-state index contributed by atoms with van der Waals surface area (Å²) >= 11 is 0. The van der Waals surface area contributed by atoms with Crippen LogP contribution in [0.1, 0.15) is 17.4 Å². The van der Waals surface area contributed by atoms with Gasteiger partial charge in [0, 0.05) is 5.39 Å². The molecule has 0 saturated heterocycles. The number of fused-ring (bicyclic) bond motifs is 1. The molecule has 2 aromatic heterocycles. The first-order valence-corrected chi connectivity index (χ1v) is 7.88. The van der Waals surface area contributed by atoms with Crippen LogP contribution in [0.25, 0.3) is 10.9 Å². The maximum atomic E-state index is 13.4. The molecule has 1 atom stereocenters. The highest BCUT2D eigenvalue weighted by Gasteiger charge is 2.16. The average Bonchev–Trinajstić information content (AvgIpc) is 2.61. The van der Waals surface area contributed by atoms with Crippen LogP contribution in [0.3, 0.4) is 0 Å². The fraction of sp³-hybridized carbons (Fsp3) is 0.118. The van der Waals surface area contributed by atoms with E-state index in [9.17, 15) is 14.0 Å². The third kappa shape index (κ3) is 4.06. The molecule has 0 bridgehead atoms. The lowest BCUT2D eigenvalue weighted by Crippen LogP contribution is -2.33. The predicted molar refractivity (Wildman–Crippen MR) is 97.8 cm³/mol. The van der Waals surface area contributed by atoms with Gasteiger partial charge in [0.25, 0.3) is 5.91 Å². The lowest BCUT2D eigenvalue weighted by molar-refractivity contribution is -0.118. The molecule has 0 fully saturated rings. The highest BCUT2D eigenvalue weighted by atomic mass is 19.1. The van der Waals surface area contributed by atoms with Gasteiger partial charge in [-0.2, -0.15) is 0 Å². The van der Waals surface area contributed by atoms with Crippen molar-refractivity contribution >= 4 is 40.0 Å². The summed E-state index contributed by atoms with van der Waals surface area (Å²) in [4.78, 5) is 35.2. The van der Waals surface area contributed by atoms with Crippen LogP contribution in [0, 0.1) is 5.82 Å². The largest absolute Gasteiger partial charge is 0.368 e. The van der Waals surface area contributed by atoms with Crippen molar-refractivity contribution in [3.63, 3.8) is 0 Å². The second-order valence-electron chi connectivity index (χ2n) is 5.77. The maximum absolute atomic E-state index is 13.4. The number of benzene rings is 1. The van der Waals surface area contributed by atoms with Crippen molar-refractivity contribution < 1.29 is 14.0 Å². The van der Waals surface area contributed by atoms with Gasteiger partial charge in [0.05, 0.1) is 23.6 Å². The Morgan fingerprint density at radius 1 is 1.15 bits per heavy atom. The number of aromatic nitrogens is 3. The van der Waals surface area contributed by atoms with Gasteiger partial charge in [-0.3, -0.25) is 14.6 Å². The van der Waals surface area contributed by atoms with Crippen LogP contribution in [-0.4, -0.2) is 32.8 Å². The number of primary amides is 2. The molecule has 0 aliphatic rings. The van der Waals surface area contributed by atoms with E-state index in [0.29, 0.717) is 16.6 Å². The van der Waals surface area contributed by atoms with E-state index in [-0.39, 0.29) is 17.3 Å². The number of nitrogens with zero attached hydrogens (tertiary/aromatic N) is 3. The average molecular weight is 369 g/mol. The second-order valence-corrected chi connectivity index (χ2v) is 5.77. The van der Waals surface area contributed by atoms with Crippen molar-refractivity contribution in [1.82, 2.24) is 15.0 Å².